The number of nitrogens with zero attached hydrogens (tertiary/aromatic N) is 2. The number of carbonyl (C=O) groups is 2. The number of carbonyl (C=O) groups excluding carboxylic acids is 2. The lowest BCUT2D eigenvalue weighted by Gasteiger charge is -2.17. The Morgan fingerprint density at radius 1 is 1.47 bits per heavy atom. The van der Waals surface area contributed by atoms with Crippen LogP contribution in [0.3, 0.4) is 0 Å². The monoisotopic (exact) mass is 223 g/mol. The fourth-order valence-corrected chi connectivity index (χ4v) is 2.70. The summed E-state index contributed by atoms with van der Waals surface area (Å²) in [7, 11) is 0. The van der Waals surface area contributed by atoms with E-state index in [-0.39, 0.29) is 18.2 Å². The molecule has 0 saturated heterocycles. The van der Waals surface area contributed by atoms with Gasteiger partial charge in [-0.1, -0.05) is 11.3 Å². The summed E-state index contributed by atoms with van der Waals surface area (Å²) in [4.78, 5) is 25.0. The zero-order chi connectivity index (χ0) is 10.4. The van der Waals surface area contributed by atoms with Crippen molar-refractivity contribution in [3.8, 4) is 0 Å². The van der Waals surface area contributed by atoms with Crippen LogP contribution in [0.5, 0.6) is 0 Å². The molecule has 2 aliphatic rings. The second-order valence-corrected chi connectivity index (χ2v) is 4.95. The molecule has 1 saturated carbocycles. The maximum atomic E-state index is 11.7. The van der Waals surface area contributed by atoms with E-state index >= 15 is 0 Å². The molecule has 1 fully saturated rings. The number of thiazole rings is 1. The Kier molecular flexibility index (Phi) is 1.88. The van der Waals surface area contributed by atoms with E-state index in [1.165, 1.54) is 24.2 Å². The molecule has 0 N–H and O–H groups in total. The molecule has 0 unspecified atom stereocenters. The lowest BCUT2D eigenvalue weighted by Crippen LogP contribution is -2.54. The Bertz CT molecular complexity index is 436. The molecule has 5 heteroatoms. The highest BCUT2D eigenvalue weighted by Crippen LogP contribution is 2.32. The first kappa shape index (κ1) is 9.03. The Labute approximate surface area is 91.1 Å². The van der Waals surface area contributed by atoms with Gasteiger partial charge in [-0.25, -0.2) is 9.59 Å². The molecule has 1 aromatic heterocycles. The van der Waals surface area contributed by atoms with Crippen LogP contribution in [0.1, 0.15) is 24.1 Å². The van der Waals surface area contributed by atoms with Crippen LogP contribution in [0, 0.1) is 5.92 Å². The van der Waals surface area contributed by atoms with Gasteiger partial charge >= 0.3 is 16.9 Å². The molecule has 15 heavy (non-hydrogen) atoms. The van der Waals surface area contributed by atoms with Crippen molar-refractivity contribution in [1.82, 2.24) is 0 Å². The molecule has 1 aliphatic heterocycles. The van der Waals surface area contributed by atoms with Crippen molar-refractivity contribution in [3.05, 3.63) is 11.6 Å². The summed E-state index contributed by atoms with van der Waals surface area (Å²) in [5.41, 5.74) is 0. The van der Waals surface area contributed by atoms with Crippen molar-refractivity contribution >= 4 is 28.3 Å². The Hall–Kier alpha value is -1.23. The standard InChI is InChI=1S/C10H11N2O2S/c13-8-5-9(14)12(6-7-1-2-7)10-11(8)3-4-15-10/h3-4,7H,1-2,5-6H2/q+1. The van der Waals surface area contributed by atoms with E-state index in [1.54, 1.807) is 15.7 Å². The fourth-order valence-electron chi connectivity index (χ4n) is 1.81. The van der Waals surface area contributed by atoms with Gasteiger partial charge in [0.2, 0.25) is 0 Å². The first-order valence-corrected chi connectivity index (χ1v) is 5.96. The summed E-state index contributed by atoms with van der Waals surface area (Å²) in [6, 6.07) is 0. The van der Waals surface area contributed by atoms with Gasteiger partial charge in [-0.2, -0.15) is 9.47 Å². The molecule has 0 atom stereocenters. The van der Waals surface area contributed by atoms with Gasteiger partial charge < -0.3 is 0 Å². The Morgan fingerprint density at radius 3 is 3.00 bits per heavy atom. The van der Waals surface area contributed by atoms with Crippen LogP contribution in [0.2, 0.25) is 0 Å². The topological polar surface area (TPSA) is 41.3 Å². The van der Waals surface area contributed by atoms with Crippen molar-refractivity contribution in [1.29, 1.82) is 0 Å². The fraction of sp³-hybridized carbons (Fsp3) is 0.500. The number of amides is 1. The van der Waals surface area contributed by atoms with Crippen LogP contribution in [0.15, 0.2) is 11.6 Å². The molecule has 0 radical (unpaired) electrons. The molecule has 0 bridgehead atoms. The average Bonchev–Trinajstić information content (AvgIpc) is 2.87. The summed E-state index contributed by atoms with van der Waals surface area (Å²) in [6.45, 7) is 0.784. The molecular formula is C10H11N2O2S+. The molecule has 4 nitrogen and oxygen atoms in total. The maximum absolute atomic E-state index is 11.7. The second kappa shape index (κ2) is 3.13. The normalized spacial score (nSPS) is 20.7. The first-order chi connectivity index (χ1) is 7.25. The van der Waals surface area contributed by atoms with Crippen LogP contribution in [0.4, 0.5) is 5.13 Å². The molecule has 1 aromatic rings. The molecule has 78 valence electrons. The number of hydrogen-bond donors (Lipinski definition) is 0. The maximum Gasteiger partial charge on any atom is 0.351 e. The summed E-state index contributed by atoms with van der Waals surface area (Å²) in [5, 5.41) is 2.63. The summed E-state index contributed by atoms with van der Waals surface area (Å²) < 4.78 is 1.59. The van der Waals surface area contributed by atoms with Gasteiger partial charge in [0.1, 0.15) is 6.20 Å². The van der Waals surface area contributed by atoms with Crippen LogP contribution in [0.25, 0.3) is 0 Å². The van der Waals surface area contributed by atoms with E-state index in [4.69, 9.17) is 0 Å². The highest BCUT2D eigenvalue weighted by atomic mass is 32.1. The van der Waals surface area contributed by atoms with E-state index in [2.05, 4.69) is 0 Å². The van der Waals surface area contributed by atoms with Crippen LogP contribution >= 0.6 is 11.3 Å². The largest absolute Gasteiger partial charge is 0.351 e. The summed E-state index contributed by atoms with van der Waals surface area (Å²) >= 11 is 1.46. The Balaban J connectivity index is 1.96. The minimum Gasteiger partial charge on any atom is -0.246 e. The zero-order valence-corrected chi connectivity index (χ0v) is 9.00. The molecule has 1 amide bonds. The predicted molar refractivity (Wildman–Crippen MR) is 54.8 cm³/mol. The third-order valence-electron chi connectivity index (χ3n) is 2.83. The van der Waals surface area contributed by atoms with E-state index in [0.717, 1.165) is 11.7 Å². The molecule has 0 aromatic carbocycles. The van der Waals surface area contributed by atoms with Gasteiger partial charge in [-0.15, -0.1) is 0 Å². The SMILES string of the molecule is O=C1CC(=O)[n+]2ccsc2N1CC1CC1. The number of hydrogen-bond acceptors (Lipinski definition) is 3. The van der Waals surface area contributed by atoms with Crippen molar-refractivity contribution in [2.75, 3.05) is 11.4 Å². The number of rotatable bonds is 2. The quantitative estimate of drug-likeness (QED) is 0.550. The van der Waals surface area contributed by atoms with Crippen molar-refractivity contribution in [2.24, 2.45) is 5.92 Å². The van der Waals surface area contributed by atoms with Crippen molar-refractivity contribution < 1.29 is 14.2 Å². The van der Waals surface area contributed by atoms with Gasteiger partial charge in [0.25, 0.3) is 0 Å². The minimum atomic E-state index is -0.108. The molecule has 2 heterocycles. The van der Waals surface area contributed by atoms with Crippen LogP contribution in [-0.2, 0) is 4.79 Å². The number of anilines is 1. The van der Waals surface area contributed by atoms with Crippen LogP contribution in [-0.4, -0.2) is 18.4 Å². The smallest absolute Gasteiger partial charge is 0.246 e. The van der Waals surface area contributed by atoms with Gasteiger partial charge in [0.05, 0.1) is 6.54 Å². The minimum absolute atomic E-state index is 0.0150. The third kappa shape index (κ3) is 1.47. The van der Waals surface area contributed by atoms with Gasteiger partial charge in [-0.05, 0) is 18.8 Å². The van der Waals surface area contributed by atoms with E-state index < -0.39 is 0 Å². The summed E-state index contributed by atoms with van der Waals surface area (Å²) in [5.74, 6) is 0.496. The predicted octanol–water partition coefficient (Wildman–Crippen LogP) is 0.822. The first-order valence-electron chi connectivity index (χ1n) is 5.08. The van der Waals surface area contributed by atoms with E-state index in [9.17, 15) is 9.59 Å². The van der Waals surface area contributed by atoms with Gasteiger partial charge in [0, 0.05) is 5.38 Å². The summed E-state index contributed by atoms with van der Waals surface area (Å²) in [6.07, 6.45) is 4.18. The molecule has 1 aliphatic carbocycles. The van der Waals surface area contributed by atoms with E-state index in [0.29, 0.717) is 5.92 Å². The zero-order valence-electron chi connectivity index (χ0n) is 8.18. The lowest BCUT2D eigenvalue weighted by molar-refractivity contribution is -0.557. The molecule has 0 spiro atoms. The van der Waals surface area contributed by atoms with Gasteiger partial charge in [0.15, 0.2) is 6.42 Å². The second-order valence-electron chi connectivity index (χ2n) is 4.07. The van der Waals surface area contributed by atoms with E-state index in [1.807, 2.05) is 5.38 Å². The number of fused-ring (bicyclic) bond motifs is 1. The number of aromatic nitrogens is 1. The van der Waals surface area contributed by atoms with Crippen molar-refractivity contribution in [3.63, 3.8) is 0 Å². The highest BCUT2D eigenvalue weighted by Gasteiger charge is 2.41. The van der Waals surface area contributed by atoms with Gasteiger partial charge in [-0.3, -0.25) is 0 Å². The average molecular weight is 223 g/mol. The third-order valence-corrected chi connectivity index (χ3v) is 3.72. The molecular weight excluding hydrogens is 212 g/mol. The highest BCUT2D eigenvalue weighted by molar-refractivity contribution is 7.13. The van der Waals surface area contributed by atoms with Crippen LogP contribution < -0.4 is 9.47 Å². The Morgan fingerprint density at radius 2 is 2.27 bits per heavy atom. The lowest BCUT2D eigenvalue weighted by atomic mass is 10.2. The van der Waals surface area contributed by atoms with Crippen molar-refractivity contribution in [2.45, 2.75) is 19.3 Å². The molecule has 3 rings (SSSR count).